The van der Waals surface area contributed by atoms with Gasteiger partial charge in [0.05, 0.1) is 0 Å². The molecule has 0 atom stereocenters. The summed E-state index contributed by atoms with van der Waals surface area (Å²) >= 11 is 12.1. The predicted octanol–water partition coefficient (Wildman–Crippen LogP) is 2.92. The third kappa shape index (κ3) is 3.11. The minimum Gasteiger partial charge on any atom is -0.329 e. The molecule has 16 heavy (non-hydrogen) atoms. The SMILES string of the molecule is NCCN(Cc1cc(Cl)ccc1Cl)C1CC1. The molecular formula is C12H16Cl2N2. The van der Waals surface area contributed by atoms with E-state index in [4.69, 9.17) is 28.9 Å². The van der Waals surface area contributed by atoms with Crippen LogP contribution in [0.5, 0.6) is 0 Å². The summed E-state index contributed by atoms with van der Waals surface area (Å²) < 4.78 is 0. The minimum atomic E-state index is 0.689. The predicted molar refractivity (Wildman–Crippen MR) is 68.9 cm³/mol. The lowest BCUT2D eigenvalue weighted by Crippen LogP contribution is -2.31. The van der Waals surface area contributed by atoms with Crippen LogP contribution < -0.4 is 5.73 Å². The molecule has 1 aromatic rings. The number of nitrogens with zero attached hydrogens (tertiary/aromatic N) is 1. The van der Waals surface area contributed by atoms with E-state index in [-0.39, 0.29) is 0 Å². The van der Waals surface area contributed by atoms with E-state index in [0.717, 1.165) is 28.7 Å². The van der Waals surface area contributed by atoms with Gasteiger partial charge >= 0.3 is 0 Å². The largest absolute Gasteiger partial charge is 0.329 e. The summed E-state index contributed by atoms with van der Waals surface area (Å²) in [6.07, 6.45) is 2.55. The van der Waals surface area contributed by atoms with E-state index < -0.39 is 0 Å². The van der Waals surface area contributed by atoms with Gasteiger partial charge < -0.3 is 5.73 Å². The molecule has 1 fully saturated rings. The normalized spacial score (nSPS) is 15.8. The highest BCUT2D eigenvalue weighted by Crippen LogP contribution is 2.30. The molecule has 0 saturated heterocycles. The molecule has 0 unspecified atom stereocenters. The van der Waals surface area contributed by atoms with Gasteiger partial charge in [-0.3, -0.25) is 4.90 Å². The fraction of sp³-hybridized carbons (Fsp3) is 0.500. The Hall–Kier alpha value is -0.280. The van der Waals surface area contributed by atoms with Crippen LogP contribution in [0.25, 0.3) is 0 Å². The summed E-state index contributed by atoms with van der Waals surface area (Å²) in [7, 11) is 0. The molecule has 0 aliphatic heterocycles. The molecule has 0 aromatic heterocycles. The molecule has 0 bridgehead atoms. The smallest absolute Gasteiger partial charge is 0.0452 e. The standard InChI is InChI=1S/C12H16Cl2N2/c13-10-1-4-12(14)9(7-10)8-16(6-5-15)11-2-3-11/h1,4,7,11H,2-3,5-6,8,15H2. The molecule has 88 valence electrons. The second-order valence-electron chi connectivity index (χ2n) is 4.23. The fourth-order valence-electron chi connectivity index (χ4n) is 1.88. The number of halogens is 2. The molecule has 1 saturated carbocycles. The fourth-order valence-corrected chi connectivity index (χ4v) is 2.25. The molecule has 2 rings (SSSR count). The van der Waals surface area contributed by atoms with Crippen LogP contribution in [0.2, 0.25) is 10.0 Å². The summed E-state index contributed by atoms with van der Waals surface area (Å²) in [6.45, 7) is 2.46. The maximum atomic E-state index is 6.15. The summed E-state index contributed by atoms with van der Waals surface area (Å²) in [6, 6.07) is 6.30. The molecule has 0 spiro atoms. The first kappa shape index (κ1) is 12.2. The van der Waals surface area contributed by atoms with Gasteiger partial charge in [-0.25, -0.2) is 0 Å². The summed E-state index contributed by atoms with van der Waals surface area (Å²) in [5.74, 6) is 0. The Labute approximate surface area is 106 Å². The molecule has 0 amide bonds. The third-order valence-corrected chi connectivity index (χ3v) is 3.46. The quantitative estimate of drug-likeness (QED) is 0.880. The molecule has 1 aliphatic carbocycles. The number of nitrogens with two attached hydrogens (primary N) is 1. The van der Waals surface area contributed by atoms with E-state index in [2.05, 4.69) is 4.90 Å². The maximum Gasteiger partial charge on any atom is 0.0452 e. The lowest BCUT2D eigenvalue weighted by molar-refractivity contribution is 0.262. The molecule has 1 aromatic carbocycles. The van der Waals surface area contributed by atoms with Gasteiger partial charge in [0.15, 0.2) is 0 Å². The second-order valence-corrected chi connectivity index (χ2v) is 5.07. The molecule has 0 heterocycles. The number of rotatable bonds is 5. The average Bonchev–Trinajstić information content (AvgIpc) is 3.06. The zero-order chi connectivity index (χ0) is 11.5. The molecule has 1 aliphatic rings. The van der Waals surface area contributed by atoms with Crippen molar-refractivity contribution in [1.82, 2.24) is 4.90 Å². The highest BCUT2D eigenvalue weighted by Gasteiger charge is 2.28. The Bertz CT molecular complexity index is 364. The van der Waals surface area contributed by atoms with Crippen molar-refractivity contribution < 1.29 is 0 Å². The van der Waals surface area contributed by atoms with Gasteiger partial charge in [-0.05, 0) is 36.6 Å². The van der Waals surface area contributed by atoms with Gasteiger partial charge in [-0.2, -0.15) is 0 Å². The Kier molecular flexibility index (Phi) is 4.09. The van der Waals surface area contributed by atoms with E-state index in [9.17, 15) is 0 Å². The van der Waals surface area contributed by atoms with E-state index in [1.807, 2.05) is 18.2 Å². The third-order valence-electron chi connectivity index (χ3n) is 2.86. The Balaban J connectivity index is 2.08. The number of hydrogen-bond acceptors (Lipinski definition) is 2. The van der Waals surface area contributed by atoms with Crippen molar-refractivity contribution in [2.45, 2.75) is 25.4 Å². The van der Waals surface area contributed by atoms with Crippen LogP contribution in [-0.4, -0.2) is 24.0 Å². The Morgan fingerprint density at radius 2 is 2.06 bits per heavy atom. The average molecular weight is 259 g/mol. The van der Waals surface area contributed by atoms with Crippen LogP contribution in [-0.2, 0) is 6.54 Å². The van der Waals surface area contributed by atoms with Crippen molar-refractivity contribution in [2.24, 2.45) is 5.73 Å². The van der Waals surface area contributed by atoms with E-state index >= 15 is 0 Å². The lowest BCUT2D eigenvalue weighted by Gasteiger charge is -2.21. The lowest BCUT2D eigenvalue weighted by atomic mass is 10.2. The molecular weight excluding hydrogens is 243 g/mol. The zero-order valence-corrected chi connectivity index (χ0v) is 10.6. The van der Waals surface area contributed by atoms with Crippen molar-refractivity contribution in [3.8, 4) is 0 Å². The van der Waals surface area contributed by atoms with Gasteiger partial charge in [-0.1, -0.05) is 23.2 Å². The van der Waals surface area contributed by atoms with E-state index in [1.54, 1.807) is 0 Å². The van der Waals surface area contributed by atoms with Gasteiger partial charge in [0.25, 0.3) is 0 Å². The topological polar surface area (TPSA) is 29.3 Å². The van der Waals surface area contributed by atoms with Crippen LogP contribution in [0, 0.1) is 0 Å². The first-order valence-corrected chi connectivity index (χ1v) is 6.34. The minimum absolute atomic E-state index is 0.689. The van der Waals surface area contributed by atoms with Gasteiger partial charge in [0.2, 0.25) is 0 Å². The van der Waals surface area contributed by atoms with Crippen LogP contribution >= 0.6 is 23.2 Å². The maximum absolute atomic E-state index is 6.15. The van der Waals surface area contributed by atoms with Crippen LogP contribution in [0.15, 0.2) is 18.2 Å². The second kappa shape index (κ2) is 5.37. The van der Waals surface area contributed by atoms with E-state index in [0.29, 0.717) is 12.6 Å². The first-order valence-electron chi connectivity index (χ1n) is 5.58. The molecule has 2 nitrogen and oxygen atoms in total. The van der Waals surface area contributed by atoms with Crippen LogP contribution in [0.4, 0.5) is 0 Å². The summed E-state index contributed by atoms with van der Waals surface area (Å²) in [5.41, 5.74) is 6.71. The highest BCUT2D eigenvalue weighted by atomic mass is 35.5. The summed E-state index contributed by atoms with van der Waals surface area (Å²) in [5, 5.41) is 1.52. The van der Waals surface area contributed by atoms with Gasteiger partial charge in [0.1, 0.15) is 0 Å². The van der Waals surface area contributed by atoms with Crippen molar-refractivity contribution in [2.75, 3.05) is 13.1 Å². The summed E-state index contributed by atoms with van der Waals surface area (Å²) in [4.78, 5) is 2.39. The molecule has 0 radical (unpaired) electrons. The van der Waals surface area contributed by atoms with Crippen LogP contribution in [0.1, 0.15) is 18.4 Å². The molecule has 2 N–H and O–H groups in total. The van der Waals surface area contributed by atoms with Crippen molar-refractivity contribution >= 4 is 23.2 Å². The van der Waals surface area contributed by atoms with Crippen molar-refractivity contribution in [1.29, 1.82) is 0 Å². The first-order chi connectivity index (χ1) is 7.70. The van der Waals surface area contributed by atoms with Crippen molar-refractivity contribution in [3.63, 3.8) is 0 Å². The van der Waals surface area contributed by atoms with Gasteiger partial charge in [-0.15, -0.1) is 0 Å². The number of benzene rings is 1. The highest BCUT2D eigenvalue weighted by molar-refractivity contribution is 6.33. The van der Waals surface area contributed by atoms with Crippen molar-refractivity contribution in [3.05, 3.63) is 33.8 Å². The number of hydrogen-bond donors (Lipinski definition) is 1. The Morgan fingerprint density at radius 1 is 1.31 bits per heavy atom. The Morgan fingerprint density at radius 3 is 2.69 bits per heavy atom. The van der Waals surface area contributed by atoms with E-state index in [1.165, 1.54) is 12.8 Å². The molecule has 4 heteroatoms. The van der Waals surface area contributed by atoms with Gasteiger partial charge in [0, 0.05) is 35.7 Å². The van der Waals surface area contributed by atoms with Crippen LogP contribution in [0.3, 0.4) is 0 Å². The monoisotopic (exact) mass is 258 g/mol. The zero-order valence-electron chi connectivity index (χ0n) is 9.13.